The summed E-state index contributed by atoms with van der Waals surface area (Å²) in [4.78, 5) is 31.1. The number of hydrogen-bond donors (Lipinski definition) is 2. The zero-order valence-electron chi connectivity index (χ0n) is 16.7. The molecule has 8 heteroatoms. The van der Waals surface area contributed by atoms with Crippen LogP contribution in [0.25, 0.3) is 0 Å². The van der Waals surface area contributed by atoms with E-state index in [0.717, 1.165) is 32.6 Å². The second kappa shape index (κ2) is 11.5. The molecule has 0 amide bonds. The summed E-state index contributed by atoms with van der Waals surface area (Å²) in [6.45, 7) is 9.56. The van der Waals surface area contributed by atoms with E-state index in [1.807, 2.05) is 9.80 Å². The lowest BCUT2D eigenvalue weighted by atomic mass is 10.0. The SMILES string of the molecule is CC(C)CC1CN(CC(=O)O)CCN(C)CCN(C)CCN1CC(=O)O. The third-order valence-corrected chi connectivity index (χ3v) is 4.86. The van der Waals surface area contributed by atoms with E-state index in [1.165, 1.54) is 0 Å². The Balaban J connectivity index is 3.00. The Morgan fingerprint density at radius 3 is 1.88 bits per heavy atom. The summed E-state index contributed by atoms with van der Waals surface area (Å²) in [5, 5.41) is 18.6. The van der Waals surface area contributed by atoms with E-state index < -0.39 is 11.9 Å². The minimum absolute atomic E-state index is 0.00790. The molecule has 0 bridgehead atoms. The lowest BCUT2D eigenvalue weighted by Crippen LogP contribution is -2.51. The molecule has 1 aliphatic heterocycles. The third-order valence-electron chi connectivity index (χ3n) is 4.86. The van der Waals surface area contributed by atoms with E-state index in [4.69, 9.17) is 0 Å². The maximum atomic E-state index is 11.4. The zero-order valence-corrected chi connectivity index (χ0v) is 16.7. The summed E-state index contributed by atoms with van der Waals surface area (Å²) < 4.78 is 0. The molecule has 1 saturated heterocycles. The highest BCUT2D eigenvalue weighted by Crippen LogP contribution is 2.14. The van der Waals surface area contributed by atoms with Gasteiger partial charge in [-0.25, -0.2) is 0 Å². The van der Waals surface area contributed by atoms with E-state index in [0.29, 0.717) is 25.6 Å². The number of carbonyl (C=O) groups is 2. The predicted octanol–water partition coefficient (Wildman–Crippen LogP) is 0.0515. The molecule has 0 aromatic heterocycles. The number of aliphatic carboxylic acids is 2. The van der Waals surface area contributed by atoms with Gasteiger partial charge in [-0.1, -0.05) is 13.8 Å². The van der Waals surface area contributed by atoms with Crippen molar-refractivity contribution in [2.24, 2.45) is 5.92 Å². The molecule has 1 fully saturated rings. The molecule has 8 nitrogen and oxygen atoms in total. The van der Waals surface area contributed by atoms with Gasteiger partial charge in [-0.15, -0.1) is 0 Å². The van der Waals surface area contributed by atoms with Gasteiger partial charge in [-0.3, -0.25) is 19.4 Å². The fraction of sp³-hybridized carbons (Fsp3) is 0.889. The van der Waals surface area contributed by atoms with Crippen molar-refractivity contribution in [3.05, 3.63) is 0 Å². The Kier molecular flexibility index (Phi) is 10.1. The van der Waals surface area contributed by atoms with Gasteiger partial charge in [0.25, 0.3) is 0 Å². The quantitative estimate of drug-likeness (QED) is 0.676. The first-order valence-corrected chi connectivity index (χ1v) is 9.44. The van der Waals surface area contributed by atoms with Crippen LogP contribution in [0.4, 0.5) is 0 Å². The molecule has 0 radical (unpaired) electrons. The monoisotopic (exact) mass is 372 g/mol. The number of hydrogen-bond acceptors (Lipinski definition) is 6. The van der Waals surface area contributed by atoms with Crippen molar-refractivity contribution < 1.29 is 19.8 Å². The van der Waals surface area contributed by atoms with Crippen LogP contribution >= 0.6 is 0 Å². The molecule has 26 heavy (non-hydrogen) atoms. The van der Waals surface area contributed by atoms with Crippen molar-refractivity contribution in [2.45, 2.75) is 26.3 Å². The Hall–Kier alpha value is -1.22. The summed E-state index contributed by atoms with van der Waals surface area (Å²) >= 11 is 0. The van der Waals surface area contributed by atoms with Crippen molar-refractivity contribution in [1.82, 2.24) is 19.6 Å². The highest BCUT2D eigenvalue weighted by molar-refractivity contribution is 5.69. The molecule has 152 valence electrons. The third kappa shape index (κ3) is 9.47. The highest BCUT2D eigenvalue weighted by atomic mass is 16.4. The number of carboxylic acid groups (broad SMARTS) is 2. The maximum absolute atomic E-state index is 11.4. The van der Waals surface area contributed by atoms with Crippen LogP contribution in [0.15, 0.2) is 0 Å². The second-order valence-corrected chi connectivity index (χ2v) is 7.88. The lowest BCUT2D eigenvalue weighted by molar-refractivity contribution is -0.141. The molecular weight excluding hydrogens is 336 g/mol. The lowest BCUT2D eigenvalue weighted by Gasteiger charge is -2.37. The number of carboxylic acids is 2. The summed E-state index contributed by atoms with van der Waals surface area (Å²) in [6.07, 6.45) is 0.850. The minimum Gasteiger partial charge on any atom is -0.480 e. The smallest absolute Gasteiger partial charge is 0.317 e. The Morgan fingerprint density at radius 2 is 1.38 bits per heavy atom. The number of nitrogens with zero attached hydrogens (tertiary/aromatic N) is 4. The van der Waals surface area contributed by atoms with Gasteiger partial charge >= 0.3 is 11.9 Å². The first-order valence-electron chi connectivity index (χ1n) is 9.44. The van der Waals surface area contributed by atoms with Crippen LogP contribution in [0, 0.1) is 5.92 Å². The molecular formula is C18H36N4O4. The van der Waals surface area contributed by atoms with E-state index in [2.05, 4.69) is 37.7 Å². The van der Waals surface area contributed by atoms with E-state index in [-0.39, 0.29) is 19.1 Å². The fourth-order valence-electron chi connectivity index (χ4n) is 3.35. The Labute approximate surface area is 157 Å². The van der Waals surface area contributed by atoms with Crippen LogP contribution < -0.4 is 0 Å². The van der Waals surface area contributed by atoms with Crippen LogP contribution in [-0.4, -0.2) is 121 Å². The molecule has 1 aliphatic rings. The maximum Gasteiger partial charge on any atom is 0.317 e. The molecule has 1 rings (SSSR count). The molecule has 0 aromatic carbocycles. The number of likely N-dealkylation sites (N-methyl/N-ethyl adjacent to an activating group) is 2. The van der Waals surface area contributed by atoms with E-state index in [1.54, 1.807) is 0 Å². The summed E-state index contributed by atoms with van der Waals surface area (Å²) in [5.74, 6) is -1.26. The van der Waals surface area contributed by atoms with Crippen LogP contribution in [0.1, 0.15) is 20.3 Å². The van der Waals surface area contributed by atoms with Gasteiger partial charge in [0, 0.05) is 51.9 Å². The Bertz CT molecular complexity index is 447. The van der Waals surface area contributed by atoms with Crippen LogP contribution in [-0.2, 0) is 9.59 Å². The van der Waals surface area contributed by atoms with Gasteiger partial charge in [0.15, 0.2) is 0 Å². The molecule has 0 aromatic rings. The van der Waals surface area contributed by atoms with Gasteiger partial charge in [0.05, 0.1) is 13.1 Å². The zero-order chi connectivity index (χ0) is 19.7. The average molecular weight is 373 g/mol. The minimum atomic E-state index is -0.840. The van der Waals surface area contributed by atoms with E-state index >= 15 is 0 Å². The molecule has 0 spiro atoms. The van der Waals surface area contributed by atoms with Crippen molar-refractivity contribution in [3.8, 4) is 0 Å². The molecule has 1 atom stereocenters. The predicted molar refractivity (Wildman–Crippen MR) is 102 cm³/mol. The van der Waals surface area contributed by atoms with Crippen molar-refractivity contribution >= 4 is 11.9 Å². The molecule has 0 aliphatic carbocycles. The van der Waals surface area contributed by atoms with Crippen molar-refractivity contribution in [1.29, 1.82) is 0 Å². The summed E-state index contributed by atoms with van der Waals surface area (Å²) in [5.41, 5.74) is 0. The highest BCUT2D eigenvalue weighted by Gasteiger charge is 2.26. The molecule has 1 heterocycles. The average Bonchev–Trinajstić information content (AvgIpc) is 2.51. The van der Waals surface area contributed by atoms with Gasteiger partial charge in [-0.2, -0.15) is 0 Å². The second-order valence-electron chi connectivity index (χ2n) is 7.88. The van der Waals surface area contributed by atoms with Crippen LogP contribution in [0.5, 0.6) is 0 Å². The van der Waals surface area contributed by atoms with Crippen molar-refractivity contribution in [2.75, 3.05) is 73.0 Å². The standard InChI is InChI=1S/C18H36N4O4/c1-15(2)11-16-12-21(13-17(23)24)9-7-19(3)5-6-20(4)8-10-22(16)14-18(25)26/h15-16H,5-14H2,1-4H3,(H,23,24)(H,25,26). The largest absolute Gasteiger partial charge is 0.480 e. The van der Waals surface area contributed by atoms with Gasteiger partial charge in [0.1, 0.15) is 0 Å². The first-order chi connectivity index (χ1) is 12.2. The van der Waals surface area contributed by atoms with Gasteiger partial charge < -0.3 is 20.0 Å². The number of rotatable bonds is 6. The Morgan fingerprint density at radius 1 is 0.885 bits per heavy atom. The topological polar surface area (TPSA) is 87.6 Å². The van der Waals surface area contributed by atoms with Crippen LogP contribution in [0.2, 0.25) is 0 Å². The van der Waals surface area contributed by atoms with Crippen molar-refractivity contribution in [3.63, 3.8) is 0 Å². The summed E-state index contributed by atoms with van der Waals surface area (Å²) in [6, 6.07) is 0.0311. The normalized spacial score (nSPS) is 23.5. The van der Waals surface area contributed by atoms with Gasteiger partial charge in [-0.05, 0) is 26.4 Å². The fourth-order valence-corrected chi connectivity index (χ4v) is 3.35. The van der Waals surface area contributed by atoms with Gasteiger partial charge in [0.2, 0.25) is 0 Å². The van der Waals surface area contributed by atoms with E-state index in [9.17, 15) is 19.8 Å². The summed E-state index contributed by atoms with van der Waals surface area (Å²) in [7, 11) is 4.12. The van der Waals surface area contributed by atoms with Crippen LogP contribution in [0.3, 0.4) is 0 Å². The molecule has 0 saturated carbocycles. The molecule has 2 N–H and O–H groups in total. The first kappa shape index (κ1) is 22.8. The molecule has 1 unspecified atom stereocenters.